The lowest BCUT2D eigenvalue weighted by Crippen LogP contribution is -1.95. The van der Waals surface area contributed by atoms with E-state index in [0.717, 1.165) is 11.1 Å². The smallest absolute Gasteiger partial charge is 0.189 e. The van der Waals surface area contributed by atoms with Gasteiger partial charge in [-0.3, -0.25) is 4.79 Å². The first-order valence-electron chi connectivity index (χ1n) is 6.57. The van der Waals surface area contributed by atoms with Crippen molar-refractivity contribution in [2.24, 2.45) is 0 Å². The van der Waals surface area contributed by atoms with Crippen molar-refractivity contribution in [3.05, 3.63) is 71.3 Å². The standard InChI is InChI=1S/C18H16O3/c1-2-3-14-7-11-18(21)16(12-14)17(20)10-6-13-4-8-15(19)9-5-13/h2-12,19,21H,1H3/b3-2+,10-6+. The molecule has 0 fully saturated rings. The second kappa shape index (κ2) is 6.57. The van der Waals surface area contributed by atoms with Gasteiger partial charge in [0.25, 0.3) is 0 Å². The van der Waals surface area contributed by atoms with Gasteiger partial charge >= 0.3 is 0 Å². The topological polar surface area (TPSA) is 57.5 Å². The molecule has 2 rings (SSSR count). The van der Waals surface area contributed by atoms with Crippen LogP contribution in [0.15, 0.2) is 54.6 Å². The Kier molecular flexibility index (Phi) is 4.57. The third-order valence-electron chi connectivity index (χ3n) is 2.97. The second-order valence-electron chi connectivity index (χ2n) is 4.57. The molecule has 106 valence electrons. The van der Waals surface area contributed by atoms with Crippen LogP contribution in [0.3, 0.4) is 0 Å². The summed E-state index contributed by atoms with van der Waals surface area (Å²) in [6, 6.07) is 11.4. The van der Waals surface area contributed by atoms with Gasteiger partial charge in [0.15, 0.2) is 5.78 Å². The van der Waals surface area contributed by atoms with Gasteiger partial charge in [0.2, 0.25) is 0 Å². The van der Waals surface area contributed by atoms with Crippen molar-refractivity contribution < 1.29 is 15.0 Å². The van der Waals surface area contributed by atoms with Crippen LogP contribution in [0.1, 0.15) is 28.4 Å². The molecule has 0 amide bonds. The van der Waals surface area contributed by atoms with Gasteiger partial charge in [-0.2, -0.15) is 0 Å². The maximum Gasteiger partial charge on any atom is 0.189 e. The number of rotatable bonds is 4. The summed E-state index contributed by atoms with van der Waals surface area (Å²) in [7, 11) is 0. The van der Waals surface area contributed by atoms with E-state index in [9.17, 15) is 15.0 Å². The van der Waals surface area contributed by atoms with E-state index >= 15 is 0 Å². The number of hydrogen-bond donors (Lipinski definition) is 2. The number of ketones is 1. The normalized spacial score (nSPS) is 11.3. The highest BCUT2D eigenvalue weighted by atomic mass is 16.3. The van der Waals surface area contributed by atoms with Crippen LogP contribution < -0.4 is 0 Å². The van der Waals surface area contributed by atoms with Crippen molar-refractivity contribution in [1.82, 2.24) is 0 Å². The summed E-state index contributed by atoms with van der Waals surface area (Å²) in [5, 5.41) is 19.0. The van der Waals surface area contributed by atoms with E-state index in [1.54, 1.807) is 42.5 Å². The maximum absolute atomic E-state index is 12.1. The zero-order valence-electron chi connectivity index (χ0n) is 11.7. The molecule has 2 N–H and O–H groups in total. The third-order valence-corrected chi connectivity index (χ3v) is 2.97. The van der Waals surface area contributed by atoms with Crippen LogP contribution in [0.4, 0.5) is 0 Å². The molecular formula is C18H16O3. The van der Waals surface area contributed by atoms with Crippen molar-refractivity contribution in [3.63, 3.8) is 0 Å². The molecule has 2 aromatic rings. The van der Waals surface area contributed by atoms with E-state index in [-0.39, 0.29) is 22.8 Å². The Morgan fingerprint density at radius 2 is 1.62 bits per heavy atom. The molecular weight excluding hydrogens is 264 g/mol. The Bertz CT molecular complexity index is 695. The molecule has 0 unspecified atom stereocenters. The quantitative estimate of drug-likeness (QED) is 0.656. The van der Waals surface area contributed by atoms with Crippen LogP contribution in [0.5, 0.6) is 11.5 Å². The maximum atomic E-state index is 12.1. The van der Waals surface area contributed by atoms with E-state index in [0.29, 0.717) is 0 Å². The molecule has 0 aliphatic heterocycles. The largest absolute Gasteiger partial charge is 0.508 e. The van der Waals surface area contributed by atoms with Crippen LogP contribution in [-0.4, -0.2) is 16.0 Å². The van der Waals surface area contributed by atoms with Crippen LogP contribution in [0.25, 0.3) is 12.2 Å². The monoisotopic (exact) mass is 280 g/mol. The van der Waals surface area contributed by atoms with Gasteiger partial charge in [0.05, 0.1) is 5.56 Å². The summed E-state index contributed by atoms with van der Waals surface area (Å²) >= 11 is 0. The first-order valence-corrected chi connectivity index (χ1v) is 6.57. The van der Waals surface area contributed by atoms with E-state index in [1.807, 2.05) is 19.1 Å². The number of phenolic OH excluding ortho intramolecular Hbond substituents is 2. The van der Waals surface area contributed by atoms with Crippen molar-refractivity contribution >= 4 is 17.9 Å². The second-order valence-corrected chi connectivity index (χ2v) is 4.57. The van der Waals surface area contributed by atoms with Crippen molar-refractivity contribution in [2.45, 2.75) is 6.92 Å². The molecule has 0 saturated heterocycles. The molecule has 0 atom stereocenters. The van der Waals surface area contributed by atoms with E-state index < -0.39 is 0 Å². The van der Waals surface area contributed by atoms with Crippen molar-refractivity contribution in [3.8, 4) is 11.5 Å². The summed E-state index contributed by atoms with van der Waals surface area (Å²) in [4.78, 5) is 12.1. The lowest BCUT2D eigenvalue weighted by Gasteiger charge is -2.02. The number of hydrogen-bond acceptors (Lipinski definition) is 3. The van der Waals surface area contributed by atoms with Crippen molar-refractivity contribution in [1.29, 1.82) is 0 Å². The van der Waals surface area contributed by atoms with Gasteiger partial charge in [-0.15, -0.1) is 0 Å². The van der Waals surface area contributed by atoms with E-state index in [4.69, 9.17) is 0 Å². The molecule has 3 heteroatoms. The molecule has 0 heterocycles. The molecule has 3 nitrogen and oxygen atoms in total. The molecule has 0 spiro atoms. The number of carbonyl (C=O) groups excluding carboxylic acids is 1. The average Bonchev–Trinajstić information content (AvgIpc) is 2.48. The Hall–Kier alpha value is -2.81. The van der Waals surface area contributed by atoms with Gasteiger partial charge in [0, 0.05) is 0 Å². The van der Waals surface area contributed by atoms with E-state index in [2.05, 4.69) is 0 Å². The summed E-state index contributed by atoms with van der Waals surface area (Å²) in [6.07, 6.45) is 6.78. The SMILES string of the molecule is C/C=C/c1ccc(O)c(C(=O)/C=C/c2ccc(O)cc2)c1. The highest BCUT2D eigenvalue weighted by Gasteiger charge is 2.08. The summed E-state index contributed by atoms with van der Waals surface area (Å²) in [5.74, 6) is -0.134. The highest BCUT2D eigenvalue weighted by molar-refractivity contribution is 6.08. The van der Waals surface area contributed by atoms with Gasteiger partial charge in [-0.05, 0) is 48.4 Å². The molecule has 0 aliphatic carbocycles. The highest BCUT2D eigenvalue weighted by Crippen LogP contribution is 2.21. The minimum absolute atomic E-state index is 0.0383. The van der Waals surface area contributed by atoms with Gasteiger partial charge in [-0.1, -0.05) is 36.4 Å². The zero-order chi connectivity index (χ0) is 15.2. The molecule has 2 aromatic carbocycles. The number of carbonyl (C=O) groups is 1. The number of benzene rings is 2. The van der Waals surface area contributed by atoms with Crippen LogP contribution in [0, 0.1) is 0 Å². The molecule has 0 radical (unpaired) electrons. The van der Waals surface area contributed by atoms with Gasteiger partial charge < -0.3 is 10.2 Å². The van der Waals surface area contributed by atoms with Crippen LogP contribution >= 0.6 is 0 Å². The summed E-state index contributed by atoms with van der Waals surface area (Å²) < 4.78 is 0. The molecule has 0 saturated carbocycles. The average molecular weight is 280 g/mol. The fraction of sp³-hybridized carbons (Fsp3) is 0.0556. The van der Waals surface area contributed by atoms with Gasteiger partial charge in [0.1, 0.15) is 11.5 Å². The molecule has 0 aromatic heterocycles. The minimum atomic E-state index is -0.271. The van der Waals surface area contributed by atoms with Crippen molar-refractivity contribution in [2.75, 3.05) is 0 Å². The van der Waals surface area contributed by atoms with Crippen LogP contribution in [-0.2, 0) is 0 Å². The molecule has 0 aliphatic rings. The Morgan fingerprint density at radius 1 is 0.952 bits per heavy atom. The summed E-state index contributed by atoms with van der Waals surface area (Å²) in [6.45, 7) is 1.89. The first kappa shape index (κ1) is 14.6. The number of aromatic hydroxyl groups is 2. The fourth-order valence-electron chi connectivity index (χ4n) is 1.89. The van der Waals surface area contributed by atoms with E-state index in [1.165, 1.54) is 12.1 Å². The first-order chi connectivity index (χ1) is 10.1. The Morgan fingerprint density at radius 3 is 2.29 bits per heavy atom. The lowest BCUT2D eigenvalue weighted by molar-refractivity contribution is 0.104. The summed E-state index contributed by atoms with van der Waals surface area (Å²) in [5.41, 5.74) is 1.92. The number of allylic oxidation sites excluding steroid dienone is 2. The predicted octanol–water partition coefficient (Wildman–Crippen LogP) is 4.03. The molecule has 0 bridgehead atoms. The lowest BCUT2D eigenvalue weighted by atomic mass is 10.0. The third kappa shape index (κ3) is 3.83. The Labute approximate surface area is 123 Å². The van der Waals surface area contributed by atoms with Crippen LogP contribution in [0.2, 0.25) is 0 Å². The Balaban J connectivity index is 2.23. The fourth-order valence-corrected chi connectivity index (χ4v) is 1.89. The zero-order valence-corrected chi connectivity index (χ0v) is 11.7. The minimum Gasteiger partial charge on any atom is -0.508 e. The number of phenols is 2. The van der Waals surface area contributed by atoms with Gasteiger partial charge in [-0.25, -0.2) is 0 Å². The molecule has 21 heavy (non-hydrogen) atoms. The predicted molar refractivity (Wildman–Crippen MR) is 84.3 cm³/mol.